The quantitative estimate of drug-likeness (QED) is 0.607. The van der Waals surface area contributed by atoms with Crippen LogP contribution in [0.5, 0.6) is 0 Å². The summed E-state index contributed by atoms with van der Waals surface area (Å²) in [5.41, 5.74) is 6.06. The van der Waals surface area contributed by atoms with Crippen LogP contribution in [0.15, 0.2) is 52.4 Å². The molecule has 0 aromatic heterocycles. The smallest absolute Gasteiger partial charge is 0.257 e. The number of rotatable bonds is 5. The van der Waals surface area contributed by atoms with Gasteiger partial charge in [0.2, 0.25) is 5.91 Å². The van der Waals surface area contributed by atoms with E-state index in [-0.39, 0.29) is 51.6 Å². The molecule has 0 radical (unpaired) electrons. The predicted molar refractivity (Wildman–Crippen MR) is 138 cm³/mol. The number of nitrogens with one attached hydrogen (secondary N) is 1. The van der Waals surface area contributed by atoms with Gasteiger partial charge in [-0.15, -0.1) is 0 Å². The van der Waals surface area contributed by atoms with Gasteiger partial charge in [0.1, 0.15) is 0 Å². The summed E-state index contributed by atoms with van der Waals surface area (Å²) in [4.78, 5) is 32.4. The number of nitrogens with two attached hydrogens (primary N) is 1. The largest absolute Gasteiger partial charge is 0.378 e. The topological polar surface area (TPSA) is 131 Å². The van der Waals surface area contributed by atoms with E-state index in [4.69, 9.17) is 22.1 Å². The standard InChI is InChI=1S/C25H29ClN4O5S/c1-15-13-16(11-12-35-15)30-21(31)14-25(2,29-24(30)27)18-8-6-9-19(22(18)26)28-23(32)17-7-4-5-10-20(17)36(3,33)34/h4-10,15-16H,11-14H2,1-3H3,(H2,27,29)(H,28,32)/t15-,16-,25+/m1/s1. The summed E-state index contributed by atoms with van der Waals surface area (Å²) < 4.78 is 29.8. The van der Waals surface area contributed by atoms with E-state index in [0.717, 1.165) is 6.26 Å². The minimum absolute atomic E-state index is 0.00382. The normalized spacial score (nSPS) is 24.8. The van der Waals surface area contributed by atoms with Gasteiger partial charge in [-0.25, -0.2) is 13.4 Å². The molecule has 0 saturated carbocycles. The average Bonchev–Trinajstić information content (AvgIpc) is 2.79. The highest BCUT2D eigenvalue weighted by Crippen LogP contribution is 2.41. The maximum atomic E-state index is 13.2. The van der Waals surface area contributed by atoms with Gasteiger partial charge in [0, 0.05) is 24.5 Å². The number of ether oxygens (including phenoxy) is 1. The predicted octanol–water partition coefficient (Wildman–Crippen LogP) is 3.33. The van der Waals surface area contributed by atoms with Crippen molar-refractivity contribution in [3.63, 3.8) is 0 Å². The van der Waals surface area contributed by atoms with Crippen LogP contribution in [-0.4, -0.2) is 56.1 Å². The molecule has 3 N–H and O–H groups in total. The lowest BCUT2D eigenvalue weighted by atomic mass is 9.86. The molecule has 36 heavy (non-hydrogen) atoms. The van der Waals surface area contributed by atoms with Gasteiger partial charge < -0.3 is 15.8 Å². The summed E-state index contributed by atoms with van der Waals surface area (Å²) in [7, 11) is -3.62. The van der Waals surface area contributed by atoms with Gasteiger partial charge in [-0.2, -0.15) is 0 Å². The van der Waals surface area contributed by atoms with Crippen LogP contribution in [-0.2, 0) is 24.9 Å². The van der Waals surface area contributed by atoms with E-state index in [9.17, 15) is 18.0 Å². The van der Waals surface area contributed by atoms with Crippen molar-refractivity contribution in [2.75, 3.05) is 18.2 Å². The summed E-state index contributed by atoms with van der Waals surface area (Å²) in [6, 6.07) is 10.9. The third-order valence-corrected chi connectivity index (χ3v) is 8.12. The molecular formula is C25H29ClN4O5S. The van der Waals surface area contributed by atoms with E-state index < -0.39 is 21.3 Å². The maximum Gasteiger partial charge on any atom is 0.257 e. The number of nitrogens with zero attached hydrogens (tertiary/aromatic N) is 2. The summed E-state index contributed by atoms with van der Waals surface area (Å²) in [6.45, 7) is 4.29. The van der Waals surface area contributed by atoms with Gasteiger partial charge in [0.25, 0.3) is 5.91 Å². The van der Waals surface area contributed by atoms with Crippen molar-refractivity contribution < 1.29 is 22.7 Å². The zero-order valence-electron chi connectivity index (χ0n) is 20.3. The van der Waals surface area contributed by atoms with Crippen LogP contribution in [0.3, 0.4) is 0 Å². The summed E-state index contributed by atoms with van der Waals surface area (Å²) in [5.74, 6) is -0.653. The molecule has 4 rings (SSSR count). The highest BCUT2D eigenvalue weighted by Gasteiger charge is 2.42. The third kappa shape index (κ3) is 5.11. The van der Waals surface area contributed by atoms with Crippen molar-refractivity contribution >= 4 is 44.9 Å². The lowest BCUT2D eigenvalue weighted by Crippen LogP contribution is -2.56. The number of sulfone groups is 1. The van der Waals surface area contributed by atoms with Crippen LogP contribution in [0.2, 0.25) is 5.02 Å². The second-order valence-corrected chi connectivity index (χ2v) is 11.8. The number of hydrogen-bond donors (Lipinski definition) is 2. The molecule has 1 saturated heterocycles. The molecular weight excluding hydrogens is 504 g/mol. The first-order valence-electron chi connectivity index (χ1n) is 11.6. The number of guanidine groups is 1. The molecule has 3 atom stereocenters. The number of hydrogen-bond acceptors (Lipinski definition) is 7. The Bertz CT molecular complexity index is 1350. The molecule has 1 fully saturated rings. The molecule has 192 valence electrons. The highest BCUT2D eigenvalue weighted by molar-refractivity contribution is 7.90. The highest BCUT2D eigenvalue weighted by atomic mass is 35.5. The molecule has 0 unspecified atom stereocenters. The van der Waals surface area contributed by atoms with Crippen LogP contribution in [0.4, 0.5) is 5.69 Å². The fourth-order valence-corrected chi connectivity index (χ4v) is 6.08. The average molecular weight is 533 g/mol. The molecule has 2 heterocycles. The second kappa shape index (κ2) is 9.84. The molecule has 0 spiro atoms. The molecule has 11 heteroatoms. The van der Waals surface area contributed by atoms with Gasteiger partial charge in [0.05, 0.1) is 39.2 Å². The Balaban J connectivity index is 1.64. The Morgan fingerprint density at radius 3 is 2.64 bits per heavy atom. The van der Waals surface area contributed by atoms with Crippen LogP contribution in [0.1, 0.15) is 49.0 Å². The molecule has 2 aliphatic heterocycles. The van der Waals surface area contributed by atoms with E-state index >= 15 is 0 Å². The van der Waals surface area contributed by atoms with Crippen LogP contribution in [0.25, 0.3) is 0 Å². The Morgan fingerprint density at radius 1 is 1.25 bits per heavy atom. The minimum Gasteiger partial charge on any atom is -0.378 e. The van der Waals surface area contributed by atoms with Crippen molar-refractivity contribution in [3.05, 3.63) is 58.6 Å². The lowest BCUT2D eigenvalue weighted by Gasteiger charge is -2.41. The number of amides is 2. The van der Waals surface area contributed by atoms with Gasteiger partial charge in [-0.1, -0.05) is 35.9 Å². The maximum absolute atomic E-state index is 13.2. The number of benzene rings is 2. The Kier molecular flexibility index (Phi) is 7.14. The van der Waals surface area contributed by atoms with Crippen molar-refractivity contribution in [3.8, 4) is 0 Å². The summed E-state index contributed by atoms with van der Waals surface area (Å²) in [5, 5.41) is 2.90. The Labute approximate surface area is 215 Å². The van der Waals surface area contributed by atoms with Crippen LogP contribution < -0.4 is 11.1 Å². The van der Waals surface area contributed by atoms with Gasteiger partial charge in [0.15, 0.2) is 15.8 Å². The molecule has 2 aromatic carbocycles. The van der Waals surface area contributed by atoms with Gasteiger partial charge >= 0.3 is 0 Å². The first-order valence-corrected chi connectivity index (χ1v) is 13.9. The van der Waals surface area contributed by atoms with E-state index in [0.29, 0.717) is 25.0 Å². The van der Waals surface area contributed by atoms with Gasteiger partial charge in [-0.05, 0) is 44.9 Å². The van der Waals surface area contributed by atoms with E-state index in [1.807, 2.05) is 6.92 Å². The van der Waals surface area contributed by atoms with Crippen molar-refractivity contribution in [1.82, 2.24) is 4.90 Å². The van der Waals surface area contributed by atoms with Crippen LogP contribution >= 0.6 is 11.6 Å². The molecule has 2 aromatic rings. The Morgan fingerprint density at radius 2 is 1.97 bits per heavy atom. The lowest BCUT2D eigenvalue weighted by molar-refractivity contribution is -0.133. The number of anilines is 1. The van der Waals surface area contributed by atoms with E-state index in [1.54, 1.807) is 42.2 Å². The number of aliphatic imine (C=N–C) groups is 1. The minimum atomic E-state index is -3.62. The third-order valence-electron chi connectivity index (χ3n) is 6.55. The van der Waals surface area contributed by atoms with E-state index in [1.165, 1.54) is 12.1 Å². The molecule has 2 amide bonds. The number of carbonyl (C=O) groups is 2. The molecule has 2 aliphatic rings. The number of carbonyl (C=O) groups excluding carboxylic acids is 2. The van der Waals surface area contributed by atoms with Crippen molar-refractivity contribution in [2.24, 2.45) is 10.7 Å². The van der Waals surface area contributed by atoms with Gasteiger partial charge in [-0.3, -0.25) is 14.5 Å². The van der Waals surface area contributed by atoms with Crippen LogP contribution in [0, 0.1) is 0 Å². The monoisotopic (exact) mass is 532 g/mol. The molecule has 0 aliphatic carbocycles. The van der Waals surface area contributed by atoms with Crippen molar-refractivity contribution in [2.45, 2.75) is 55.7 Å². The zero-order valence-corrected chi connectivity index (χ0v) is 21.9. The first kappa shape index (κ1) is 26.1. The fraction of sp³-hybridized carbons (Fsp3) is 0.400. The molecule has 0 bridgehead atoms. The number of halogens is 1. The van der Waals surface area contributed by atoms with Crippen molar-refractivity contribution in [1.29, 1.82) is 0 Å². The summed E-state index contributed by atoms with van der Waals surface area (Å²) in [6.07, 6.45) is 2.48. The first-order chi connectivity index (χ1) is 16.9. The van der Waals surface area contributed by atoms with E-state index in [2.05, 4.69) is 10.3 Å². The SMILES string of the molecule is C[C@@H]1C[C@H](N2C(=O)C[C@@](C)(c3cccc(NC(=O)c4ccccc4S(C)(=O)=O)c3Cl)N=C2N)CCO1. The molecule has 9 nitrogen and oxygen atoms in total. The second-order valence-electron chi connectivity index (χ2n) is 9.43. The fourth-order valence-electron chi connectivity index (χ4n) is 4.82. The Hall–Kier alpha value is -2.95. The zero-order chi connectivity index (χ0) is 26.3. The summed E-state index contributed by atoms with van der Waals surface area (Å²) >= 11 is 6.71.